The Kier molecular flexibility index (Phi) is 2.07. The van der Waals surface area contributed by atoms with Crippen LogP contribution in [0.5, 0.6) is 0 Å². The van der Waals surface area contributed by atoms with Crippen molar-refractivity contribution in [3.63, 3.8) is 0 Å². The summed E-state index contributed by atoms with van der Waals surface area (Å²) in [5.74, 6) is -1.97. The van der Waals surface area contributed by atoms with E-state index < -0.39 is 23.4 Å². The molecule has 0 aromatic rings. The molecule has 1 aliphatic rings. The molecule has 0 aliphatic carbocycles. The summed E-state index contributed by atoms with van der Waals surface area (Å²) in [7, 11) is 1.34. The van der Waals surface area contributed by atoms with Gasteiger partial charge in [-0.05, 0) is 6.92 Å². The lowest BCUT2D eigenvalue weighted by atomic mass is 9.92. The summed E-state index contributed by atoms with van der Waals surface area (Å²) in [5.41, 5.74) is -1.83. The molecule has 2 N–H and O–H groups in total. The van der Waals surface area contributed by atoms with E-state index in [0.717, 1.165) is 4.90 Å². The smallest absolute Gasteiger partial charge is 0.333 e. The van der Waals surface area contributed by atoms with Crippen LogP contribution in [0.4, 0.5) is 4.79 Å². The number of urea groups is 1. The van der Waals surface area contributed by atoms with Crippen LogP contribution in [0.3, 0.4) is 0 Å². The van der Waals surface area contributed by atoms with Crippen LogP contribution >= 0.6 is 0 Å². The number of aliphatic carboxylic acids is 1. The number of nitrogens with zero attached hydrogens (tertiary/aromatic N) is 1. The van der Waals surface area contributed by atoms with Crippen LogP contribution < -0.4 is 5.32 Å². The summed E-state index contributed by atoms with van der Waals surface area (Å²) in [6.07, 6.45) is 0. The number of hydrogen-bond acceptors (Lipinski definition) is 3. The summed E-state index contributed by atoms with van der Waals surface area (Å²) in [6.45, 7) is 4.63. The zero-order valence-corrected chi connectivity index (χ0v) is 7.83. The first-order valence-corrected chi connectivity index (χ1v) is 3.83. The van der Waals surface area contributed by atoms with E-state index in [4.69, 9.17) is 5.11 Å². The van der Waals surface area contributed by atoms with Crippen molar-refractivity contribution in [2.45, 2.75) is 12.5 Å². The van der Waals surface area contributed by atoms with E-state index in [0.29, 0.717) is 0 Å². The van der Waals surface area contributed by atoms with Gasteiger partial charge in [-0.1, -0.05) is 6.58 Å². The van der Waals surface area contributed by atoms with Gasteiger partial charge in [0.15, 0.2) is 5.54 Å². The Labute approximate surface area is 80.2 Å². The van der Waals surface area contributed by atoms with Crippen molar-refractivity contribution in [3.05, 3.63) is 12.2 Å². The highest BCUT2D eigenvalue weighted by atomic mass is 16.4. The second kappa shape index (κ2) is 2.83. The van der Waals surface area contributed by atoms with Gasteiger partial charge in [0.05, 0.1) is 5.57 Å². The van der Waals surface area contributed by atoms with Crippen LogP contribution in [0.1, 0.15) is 6.92 Å². The van der Waals surface area contributed by atoms with Crippen molar-refractivity contribution in [3.8, 4) is 0 Å². The number of carboxylic acid groups (broad SMARTS) is 1. The number of carboxylic acids is 1. The van der Waals surface area contributed by atoms with Crippen molar-refractivity contribution in [2.24, 2.45) is 0 Å². The Hall–Kier alpha value is -1.85. The molecule has 3 amide bonds. The second-order valence-corrected chi connectivity index (χ2v) is 3.17. The fourth-order valence-electron chi connectivity index (χ4n) is 1.21. The van der Waals surface area contributed by atoms with Gasteiger partial charge in [-0.25, -0.2) is 9.59 Å². The molecule has 0 bridgehead atoms. The molecule has 0 aromatic heterocycles. The first kappa shape index (κ1) is 10.2. The van der Waals surface area contributed by atoms with Crippen LogP contribution in [0, 0.1) is 0 Å². The number of hydrogen-bond donors (Lipinski definition) is 2. The molecule has 1 unspecified atom stereocenters. The zero-order chi connectivity index (χ0) is 11.1. The van der Waals surface area contributed by atoms with Crippen molar-refractivity contribution in [1.29, 1.82) is 0 Å². The molecule has 6 nitrogen and oxygen atoms in total. The summed E-state index contributed by atoms with van der Waals surface area (Å²) in [4.78, 5) is 34.1. The van der Waals surface area contributed by atoms with E-state index in [1.165, 1.54) is 14.0 Å². The predicted octanol–water partition coefficient (Wildman–Crippen LogP) is -0.432. The number of likely N-dealkylation sites (N-methyl/N-ethyl adjacent to an activating group) is 1. The van der Waals surface area contributed by atoms with Crippen molar-refractivity contribution < 1.29 is 19.5 Å². The topological polar surface area (TPSA) is 86.7 Å². The standard InChI is InChI=1S/C8H10N2O4/c1-4(5(11)12)8(2)6(13)9-7(14)10(8)3/h1H2,2-3H3,(H,11,12)(H,9,13,14). The quantitative estimate of drug-likeness (QED) is 0.465. The SMILES string of the molecule is C=C(C(=O)O)C1(C)C(=O)NC(=O)N1C. The van der Waals surface area contributed by atoms with Gasteiger partial charge < -0.3 is 10.0 Å². The highest BCUT2D eigenvalue weighted by molar-refractivity contribution is 6.13. The average Bonchev–Trinajstić information content (AvgIpc) is 2.30. The normalized spacial score (nSPS) is 26.3. The Morgan fingerprint density at radius 3 is 2.36 bits per heavy atom. The molecule has 1 aliphatic heterocycles. The minimum atomic E-state index is -1.50. The third-order valence-electron chi connectivity index (χ3n) is 2.48. The molecular weight excluding hydrogens is 188 g/mol. The van der Waals surface area contributed by atoms with E-state index in [-0.39, 0.29) is 5.57 Å². The number of imide groups is 1. The van der Waals surface area contributed by atoms with E-state index in [9.17, 15) is 14.4 Å². The Morgan fingerprint density at radius 1 is 1.57 bits per heavy atom. The molecular formula is C8H10N2O4. The van der Waals surface area contributed by atoms with Crippen molar-refractivity contribution >= 4 is 17.9 Å². The molecule has 1 saturated heterocycles. The van der Waals surface area contributed by atoms with Gasteiger partial charge >= 0.3 is 12.0 Å². The number of carbonyl (C=O) groups is 3. The highest BCUT2D eigenvalue weighted by Gasteiger charge is 2.51. The van der Waals surface area contributed by atoms with Crippen LogP contribution in [0.15, 0.2) is 12.2 Å². The van der Waals surface area contributed by atoms with Gasteiger partial charge in [0.2, 0.25) is 0 Å². The maximum Gasteiger partial charge on any atom is 0.333 e. The zero-order valence-electron chi connectivity index (χ0n) is 7.83. The van der Waals surface area contributed by atoms with E-state index in [2.05, 4.69) is 6.58 Å². The fraction of sp³-hybridized carbons (Fsp3) is 0.375. The molecule has 0 radical (unpaired) electrons. The third kappa shape index (κ3) is 1.07. The molecule has 1 atom stereocenters. The van der Waals surface area contributed by atoms with Gasteiger partial charge in [0.25, 0.3) is 5.91 Å². The molecule has 1 rings (SSSR count). The fourth-order valence-corrected chi connectivity index (χ4v) is 1.21. The number of amides is 3. The maximum atomic E-state index is 11.4. The first-order chi connectivity index (χ1) is 6.31. The van der Waals surface area contributed by atoms with Gasteiger partial charge in [-0.2, -0.15) is 0 Å². The van der Waals surface area contributed by atoms with Gasteiger partial charge in [0.1, 0.15) is 0 Å². The van der Waals surface area contributed by atoms with Crippen LogP contribution in [0.25, 0.3) is 0 Å². The van der Waals surface area contributed by atoms with E-state index in [1.54, 1.807) is 0 Å². The number of rotatable bonds is 2. The maximum absolute atomic E-state index is 11.4. The lowest BCUT2D eigenvalue weighted by Crippen LogP contribution is -2.48. The molecule has 1 heterocycles. The Morgan fingerprint density at radius 2 is 2.07 bits per heavy atom. The molecule has 0 spiro atoms. The predicted molar refractivity (Wildman–Crippen MR) is 46.5 cm³/mol. The summed E-state index contributed by atoms with van der Waals surface area (Å²) < 4.78 is 0. The Balaban J connectivity index is 3.16. The Bertz CT molecular complexity index is 349. The summed E-state index contributed by atoms with van der Waals surface area (Å²) >= 11 is 0. The third-order valence-corrected chi connectivity index (χ3v) is 2.48. The van der Waals surface area contributed by atoms with Crippen LogP contribution in [0.2, 0.25) is 0 Å². The highest BCUT2D eigenvalue weighted by Crippen LogP contribution is 2.26. The largest absolute Gasteiger partial charge is 0.478 e. The van der Waals surface area contributed by atoms with Gasteiger partial charge in [-0.3, -0.25) is 10.1 Å². The minimum Gasteiger partial charge on any atom is -0.478 e. The number of nitrogens with one attached hydrogen (secondary N) is 1. The minimum absolute atomic E-state index is 0.330. The van der Waals surface area contributed by atoms with Crippen LogP contribution in [-0.4, -0.2) is 40.5 Å². The summed E-state index contributed by atoms with van der Waals surface area (Å²) in [6, 6.07) is -0.625. The van der Waals surface area contributed by atoms with Gasteiger partial charge in [-0.15, -0.1) is 0 Å². The molecule has 14 heavy (non-hydrogen) atoms. The van der Waals surface area contributed by atoms with Crippen molar-refractivity contribution in [2.75, 3.05) is 7.05 Å². The molecule has 0 aromatic carbocycles. The first-order valence-electron chi connectivity index (χ1n) is 3.83. The van der Waals surface area contributed by atoms with E-state index in [1.807, 2.05) is 5.32 Å². The summed E-state index contributed by atoms with van der Waals surface area (Å²) in [5, 5.41) is 10.7. The van der Waals surface area contributed by atoms with Crippen molar-refractivity contribution in [1.82, 2.24) is 10.2 Å². The van der Waals surface area contributed by atoms with Gasteiger partial charge in [0, 0.05) is 7.05 Å². The second-order valence-electron chi connectivity index (χ2n) is 3.17. The van der Waals surface area contributed by atoms with Crippen LogP contribution in [-0.2, 0) is 9.59 Å². The average molecular weight is 198 g/mol. The lowest BCUT2D eigenvalue weighted by Gasteiger charge is -2.28. The molecule has 76 valence electrons. The molecule has 1 fully saturated rings. The monoisotopic (exact) mass is 198 g/mol. The number of carbonyl (C=O) groups excluding carboxylic acids is 2. The lowest BCUT2D eigenvalue weighted by molar-refractivity contribution is -0.136. The van der Waals surface area contributed by atoms with E-state index >= 15 is 0 Å². The molecule has 0 saturated carbocycles. The molecule has 6 heteroatoms.